The lowest BCUT2D eigenvalue weighted by Gasteiger charge is -2.12. The van der Waals surface area contributed by atoms with Crippen molar-refractivity contribution < 1.29 is 23.4 Å². The van der Waals surface area contributed by atoms with Crippen LogP contribution >= 0.6 is 0 Å². The van der Waals surface area contributed by atoms with E-state index in [1.165, 1.54) is 6.07 Å². The van der Waals surface area contributed by atoms with Gasteiger partial charge in [0, 0.05) is 17.0 Å². The van der Waals surface area contributed by atoms with E-state index in [0.29, 0.717) is 11.4 Å². The smallest absolute Gasteiger partial charge is 0.281 e. The molecule has 0 fully saturated rings. The molecule has 24 heavy (non-hydrogen) atoms. The number of hydrogen-bond donors (Lipinski definition) is 2. The summed E-state index contributed by atoms with van der Waals surface area (Å²) in [6.45, 7) is 7.91. The molecule has 0 bridgehead atoms. The maximum Gasteiger partial charge on any atom is 0.281 e. The zero-order chi connectivity index (χ0) is 17.9. The Morgan fingerprint density at radius 1 is 1.29 bits per heavy atom. The van der Waals surface area contributed by atoms with E-state index in [9.17, 15) is 13.6 Å². The number of anilines is 1. The molecule has 1 amide bonds. The molecule has 0 saturated heterocycles. The highest BCUT2D eigenvalue weighted by atomic mass is 19.2. The molecular formula is C17H22F2N3O2+. The van der Waals surface area contributed by atoms with Crippen molar-refractivity contribution in [3.63, 3.8) is 0 Å². The van der Waals surface area contributed by atoms with Gasteiger partial charge in [-0.15, -0.1) is 0 Å². The standard InChI is InChI=1S/C17H21F2N3O2/c1-10(11-5-6-12(18)13(19)7-11)20-9-15(23)21-16-8-14(22-24-16)17(2,3)4/h5-8,10,20H,9H2,1-4H3,(H,21,23)/p+1/t10-/m0/s1. The van der Waals surface area contributed by atoms with E-state index in [0.717, 1.165) is 17.8 Å². The fourth-order valence-corrected chi connectivity index (χ4v) is 2.09. The second-order valence-electron chi connectivity index (χ2n) is 6.78. The Balaban J connectivity index is 1.88. The van der Waals surface area contributed by atoms with Crippen LogP contribution in [0.4, 0.5) is 14.7 Å². The molecule has 0 aliphatic heterocycles. The summed E-state index contributed by atoms with van der Waals surface area (Å²) < 4.78 is 31.3. The van der Waals surface area contributed by atoms with Crippen LogP contribution in [0.1, 0.15) is 45.0 Å². The molecule has 2 rings (SSSR count). The molecule has 2 aromatic rings. The van der Waals surface area contributed by atoms with Crippen molar-refractivity contribution in [3.05, 3.63) is 47.2 Å². The zero-order valence-electron chi connectivity index (χ0n) is 14.2. The molecule has 1 aromatic carbocycles. The fourth-order valence-electron chi connectivity index (χ4n) is 2.09. The van der Waals surface area contributed by atoms with Gasteiger partial charge < -0.3 is 9.84 Å². The number of carbonyl (C=O) groups is 1. The Bertz CT molecular complexity index is 723. The van der Waals surface area contributed by atoms with Crippen molar-refractivity contribution in [2.24, 2.45) is 0 Å². The van der Waals surface area contributed by atoms with E-state index in [2.05, 4.69) is 10.5 Å². The fraction of sp³-hybridized carbons (Fsp3) is 0.412. The number of carbonyl (C=O) groups excluding carboxylic acids is 1. The number of amides is 1. The normalized spacial score (nSPS) is 12.9. The van der Waals surface area contributed by atoms with Crippen LogP contribution in [0.5, 0.6) is 0 Å². The van der Waals surface area contributed by atoms with Gasteiger partial charge in [0.25, 0.3) is 5.91 Å². The lowest BCUT2D eigenvalue weighted by Crippen LogP contribution is -2.86. The monoisotopic (exact) mass is 338 g/mol. The largest absolute Gasteiger partial charge is 0.338 e. The summed E-state index contributed by atoms with van der Waals surface area (Å²) in [5.41, 5.74) is 1.19. The minimum absolute atomic E-state index is 0.117. The van der Waals surface area contributed by atoms with Crippen molar-refractivity contribution in [1.29, 1.82) is 0 Å². The Morgan fingerprint density at radius 2 is 2.00 bits per heavy atom. The van der Waals surface area contributed by atoms with E-state index in [4.69, 9.17) is 4.52 Å². The van der Waals surface area contributed by atoms with Crippen molar-refractivity contribution in [2.45, 2.75) is 39.2 Å². The van der Waals surface area contributed by atoms with Crippen LogP contribution in [0.25, 0.3) is 0 Å². The number of benzene rings is 1. The second kappa shape index (κ2) is 7.09. The van der Waals surface area contributed by atoms with E-state index in [-0.39, 0.29) is 23.9 Å². The van der Waals surface area contributed by atoms with Crippen LogP contribution in [-0.2, 0) is 10.2 Å². The molecule has 1 atom stereocenters. The number of halogens is 2. The van der Waals surface area contributed by atoms with Gasteiger partial charge in [0.15, 0.2) is 18.2 Å². The predicted octanol–water partition coefficient (Wildman–Crippen LogP) is 2.51. The molecule has 0 spiro atoms. The maximum atomic E-state index is 13.2. The van der Waals surface area contributed by atoms with Gasteiger partial charge >= 0.3 is 0 Å². The molecule has 1 aromatic heterocycles. The molecular weight excluding hydrogens is 316 g/mol. The first-order chi connectivity index (χ1) is 11.2. The van der Waals surface area contributed by atoms with E-state index in [1.54, 1.807) is 11.4 Å². The predicted molar refractivity (Wildman–Crippen MR) is 85.4 cm³/mol. The quantitative estimate of drug-likeness (QED) is 0.880. The molecule has 5 nitrogen and oxygen atoms in total. The molecule has 1 heterocycles. The summed E-state index contributed by atoms with van der Waals surface area (Å²) in [5, 5.41) is 8.28. The summed E-state index contributed by atoms with van der Waals surface area (Å²) in [6.07, 6.45) is 0. The molecule has 0 aliphatic carbocycles. The van der Waals surface area contributed by atoms with Crippen LogP contribution < -0.4 is 10.6 Å². The van der Waals surface area contributed by atoms with Crippen molar-refractivity contribution in [1.82, 2.24) is 5.16 Å². The molecule has 130 valence electrons. The van der Waals surface area contributed by atoms with Crippen molar-refractivity contribution >= 4 is 11.8 Å². The first-order valence-corrected chi connectivity index (χ1v) is 7.72. The van der Waals surface area contributed by atoms with Gasteiger partial charge in [-0.05, 0) is 25.1 Å². The van der Waals surface area contributed by atoms with Gasteiger partial charge in [0.1, 0.15) is 6.04 Å². The van der Waals surface area contributed by atoms with Crippen LogP contribution in [0.3, 0.4) is 0 Å². The highest BCUT2D eigenvalue weighted by molar-refractivity contribution is 5.90. The second-order valence-corrected chi connectivity index (χ2v) is 6.78. The van der Waals surface area contributed by atoms with Gasteiger partial charge in [-0.3, -0.25) is 10.1 Å². The minimum atomic E-state index is -0.895. The molecule has 0 radical (unpaired) electrons. The van der Waals surface area contributed by atoms with E-state index >= 15 is 0 Å². The van der Waals surface area contributed by atoms with E-state index < -0.39 is 11.6 Å². The number of hydrogen-bond acceptors (Lipinski definition) is 3. The molecule has 7 heteroatoms. The Labute approximate surface area is 139 Å². The maximum absolute atomic E-state index is 13.2. The van der Waals surface area contributed by atoms with Gasteiger partial charge in [-0.1, -0.05) is 25.9 Å². The SMILES string of the molecule is C[C@H]([NH2+]CC(=O)Nc1cc(C(C)(C)C)no1)c1ccc(F)c(F)c1. The number of rotatable bonds is 5. The average Bonchev–Trinajstić information content (AvgIpc) is 2.96. The number of nitrogens with zero attached hydrogens (tertiary/aromatic N) is 1. The highest BCUT2D eigenvalue weighted by Gasteiger charge is 2.20. The van der Waals surface area contributed by atoms with Crippen LogP contribution in [0, 0.1) is 11.6 Å². The number of nitrogens with two attached hydrogens (primary N) is 1. The molecule has 0 saturated carbocycles. The summed E-state index contributed by atoms with van der Waals surface area (Å²) in [7, 11) is 0. The Morgan fingerprint density at radius 3 is 2.58 bits per heavy atom. The summed E-state index contributed by atoms with van der Waals surface area (Å²) in [6, 6.07) is 5.23. The first-order valence-electron chi connectivity index (χ1n) is 7.72. The van der Waals surface area contributed by atoms with Gasteiger partial charge in [0.05, 0.1) is 5.69 Å². The third-order valence-corrected chi connectivity index (χ3v) is 3.67. The summed E-state index contributed by atoms with van der Waals surface area (Å²) >= 11 is 0. The van der Waals surface area contributed by atoms with Gasteiger partial charge in [-0.25, -0.2) is 8.78 Å². The van der Waals surface area contributed by atoms with Crippen LogP contribution in [-0.4, -0.2) is 17.6 Å². The highest BCUT2D eigenvalue weighted by Crippen LogP contribution is 2.23. The average molecular weight is 338 g/mol. The zero-order valence-corrected chi connectivity index (χ0v) is 14.2. The van der Waals surface area contributed by atoms with E-state index in [1.807, 2.05) is 27.7 Å². The Hall–Kier alpha value is -2.28. The Kier molecular flexibility index (Phi) is 5.33. The molecule has 3 N–H and O–H groups in total. The van der Waals surface area contributed by atoms with Crippen molar-refractivity contribution in [2.75, 3.05) is 11.9 Å². The lowest BCUT2D eigenvalue weighted by molar-refractivity contribution is -0.682. The molecule has 0 aliphatic rings. The molecule has 0 unspecified atom stereocenters. The number of aromatic nitrogens is 1. The lowest BCUT2D eigenvalue weighted by atomic mass is 9.92. The topological polar surface area (TPSA) is 71.7 Å². The van der Waals surface area contributed by atoms with Crippen molar-refractivity contribution in [3.8, 4) is 0 Å². The third-order valence-electron chi connectivity index (χ3n) is 3.67. The first kappa shape index (κ1) is 18.1. The summed E-state index contributed by atoms with van der Waals surface area (Å²) in [5.74, 6) is -1.75. The summed E-state index contributed by atoms with van der Waals surface area (Å²) in [4.78, 5) is 12.0. The van der Waals surface area contributed by atoms with Gasteiger partial charge in [-0.2, -0.15) is 0 Å². The third kappa shape index (κ3) is 4.61. The van der Waals surface area contributed by atoms with Gasteiger partial charge in [0.2, 0.25) is 5.88 Å². The minimum Gasteiger partial charge on any atom is -0.338 e. The number of nitrogens with one attached hydrogen (secondary N) is 1. The van der Waals surface area contributed by atoms with Crippen LogP contribution in [0.15, 0.2) is 28.8 Å². The number of quaternary nitrogens is 1. The van der Waals surface area contributed by atoms with Crippen LogP contribution in [0.2, 0.25) is 0 Å².